The van der Waals surface area contributed by atoms with Gasteiger partial charge in [-0.25, -0.2) is 0 Å². The van der Waals surface area contributed by atoms with Crippen molar-refractivity contribution in [1.82, 2.24) is 10.2 Å². The molecule has 0 bridgehead atoms. The van der Waals surface area contributed by atoms with Crippen molar-refractivity contribution in [3.05, 3.63) is 22.4 Å². The van der Waals surface area contributed by atoms with Crippen LogP contribution in [0.1, 0.15) is 17.7 Å². The summed E-state index contributed by atoms with van der Waals surface area (Å²) >= 11 is 1.61. The van der Waals surface area contributed by atoms with Crippen LogP contribution in [0.5, 0.6) is 0 Å². The molecule has 0 aliphatic carbocycles. The van der Waals surface area contributed by atoms with Crippen LogP contribution in [0.15, 0.2) is 17.5 Å². The monoisotopic (exact) mass is 318 g/mol. The van der Waals surface area contributed by atoms with Gasteiger partial charge in [0.2, 0.25) is 5.91 Å². The molecule has 0 radical (unpaired) electrons. The topological polar surface area (TPSA) is 69.6 Å². The van der Waals surface area contributed by atoms with Gasteiger partial charge >= 0.3 is 5.97 Å². The van der Waals surface area contributed by atoms with E-state index in [0.29, 0.717) is 19.5 Å². The summed E-state index contributed by atoms with van der Waals surface area (Å²) in [5.74, 6) is -1.14. The van der Waals surface area contributed by atoms with Gasteiger partial charge in [0.15, 0.2) is 0 Å². The Bertz CT molecular complexity index is 439. The highest BCUT2D eigenvalue weighted by molar-refractivity contribution is 7.09. The molecule has 112 valence electrons. The molecule has 2 heterocycles. The lowest BCUT2D eigenvalue weighted by Gasteiger charge is -2.29. The van der Waals surface area contributed by atoms with E-state index in [1.165, 1.54) is 0 Å². The molecule has 1 aromatic rings. The molecule has 2 rings (SSSR count). The Balaban J connectivity index is 0.00000200. The van der Waals surface area contributed by atoms with E-state index >= 15 is 0 Å². The molecule has 1 unspecified atom stereocenters. The van der Waals surface area contributed by atoms with Crippen LogP contribution in [0.3, 0.4) is 0 Å². The summed E-state index contributed by atoms with van der Waals surface area (Å²) in [5, 5.41) is 13.8. The van der Waals surface area contributed by atoms with Crippen molar-refractivity contribution in [2.24, 2.45) is 5.92 Å². The highest BCUT2D eigenvalue weighted by atomic mass is 35.5. The van der Waals surface area contributed by atoms with E-state index < -0.39 is 5.97 Å². The number of amides is 1. The van der Waals surface area contributed by atoms with Crippen LogP contribution in [0.25, 0.3) is 0 Å². The number of carboxylic acids is 1. The molecule has 1 amide bonds. The van der Waals surface area contributed by atoms with Crippen LogP contribution in [0.2, 0.25) is 0 Å². The summed E-state index contributed by atoms with van der Waals surface area (Å²) in [6.45, 7) is 2.11. The number of carboxylic acid groups (broad SMARTS) is 1. The normalized spacial score (nSPS) is 19.1. The first-order valence-electron chi connectivity index (χ1n) is 6.39. The van der Waals surface area contributed by atoms with Crippen LogP contribution >= 0.6 is 23.7 Å². The van der Waals surface area contributed by atoms with E-state index in [9.17, 15) is 9.59 Å². The maximum atomic E-state index is 11.8. The van der Waals surface area contributed by atoms with Crippen LogP contribution < -0.4 is 5.32 Å². The number of likely N-dealkylation sites (tertiary alicyclic amines) is 1. The van der Waals surface area contributed by atoms with Crippen LogP contribution in [0, 0.1) is 5.92 Å². The number of carbonyl (C=O) groups is 2. The summed E-state index contributed by atoms with van der Waals surface area (Å²) < 4.78 is 0. The SMILES string of the molecule is Cl.O=C(CN1CCCC(C(=O)O)C1)NCc1cccs1. The lowest BCUT2D eigenvalue weighted by molar-refractivity contribution is -0.144. The fraction of sp³-hybridized carbons (Fsp3) is 0.538. The lowest BCUT2D eigenvalue weighted by Crippen LogP contribution is -2.44. The number of rotatable bonds is 5. The van der Waals surface area contributed by atoms with Crippen molar-refractivity contribution >= 4 is 35.6 Å². The van der Waals surface area contributed by atoms with E-state index in [2.05, 4.69) is 5.32 Å². The first-order valence-corrected chi connectivity index (χ1v) is 7.27. The maximum Gasteiger partial charge on any atom is 0.307 e. The summed E-state index contributed by atoms with van der Waals surface area (Å²) in [6, 6.07) is 3.93. The molecule has 1 atom stereocenters. The van der Waals surface area contributed by atoms with Gasteiger partial charge in [-0.3, -0.25) is 14.5 Å². The van der Waals surface area contributed by atoms with Gasteiger partial charge < -0.3 is 10.4 Å². The Labute approximate surface area is 128 Å². The summed E-state index contributed by atoms with van der Waals surface area (Å²) in [7, 11) is 0. The standard InChI is InChI=1S/C13H18N2O3S.ClH/c16-12(14-7-11-4-2-6-19-11)9-15-5-1-3-10(8-15)13(17)18;/h2,4,6,10H,1,3,5,7-9H2,(H,14,16)(H,17,18);1H. The Morgan fingerprint density at radius 2 is 2.30 bits per heavy atom. The Hall–Kier alpha value is -1.11. The zero-order valence-corrected chi connectivity index (χ0v) is 12.7. The number of nitrogens with one attached hydrogen (secondary N) is 1. The molecule has 1 aliphatic rings. The number of piperidine rings is 1. The largest absolute Gasteiger partial charge is 0.481 e. The Morgan fingerprint density at radius 1 is 1.50 bits per heavy atom. The van der Waals surface area contributed by atoms with Gasteiger partial charge in [0.25, 0.3) is 0 Å². The van der Waals surface area contributed by atoms with Crippen molar-refractivity contribution < 1.29 is 14.7 Å². The number of hydrogen-bond acceptors (Lipinski definition) is 4. The zero-order chi connectivity index (χ0) is 13.7. The molecule has 2 N–H and O–H groups in total. The minimum absolute atomic E-state index is 0. The molecule has 5 nitrogen and oxygen atoms in total. The molecule has 0 spiro atoms. The predicted molar refractivity (Wildman–Crippen MR) is 80.2 cm³/mol. The van der Waals surface area contributed by atoms with Gasteiger partial charge in [-0.1, -0.05) is 6.07 Å². The number of carbonyl (C=O) groups excluding carboxylic acids is 1. The molecule has 7 heteroatoms. The fourth-order valence-electron chi connectivity index (χ4n) is 2.26. The smallest absolute Gasteiger partial charge is 0.307 e. The van der Waals surface area contributed by atoms with Crippen LogP contribution in [-0.4, -0.2) is 41.5 Å². The lowest BCUT2D eigenvalue weighted by atomic mass is 9.98. The molecule has 1 aromatic heterocycles. The number of thiophene rings is 1. The van der Waals surface area contributed by atoms with Crippen molar-refractivity contribution in [3.63, 3.8) is 0 Å². The quantitative estimate of drug-likeness (QED) is 0.865. The molecule has 0 aromatic carbocycles. The molecule has 0 saturated carbocycles. The molecule has 1 fully saturated rings. The van der Waals surface area contributed by atoms with E-state index in [-0.39, 0.29) is 30.8 Å². The minimum atomic E-state index is -0.760. The predicted octanol–water partition coefficient (Wildman–Crippen LogP) is 1.58. The average Bonchev–Trinajstić information content (AvgIpc) is 2.90. The average molecular weight is 319 g/mol. The van der Waals surface area contributed by atoms with Gasteiger partial charge in [0, 0.05) is 11.4 Å². The summed E-state index contributed by atoms with van der Waals surface area (Å²) in [5.41, 5.74) is 0. The molecule has 20 heavy (non-hydrogen) atoms. The Kier molecular flexibility index (Phi) is 6.98. The first kappa shape index (κ1) is 16.9. The molecular weight excluding hydrogens is 300 g/mol. The van der Waals surface area contributed by atoms with Gasteiger partial charge in [0.05, 0.1) is 19.0 Å². The minimum Gasteiger partial charge on any atom is -0.481 e. The van der Waals surface area contributed by atoms with Gasteiger partial charge in [-0.2, -0.15) is 0 Å². The third kappa shape index (κ3) is 5.11. The number of nitrogens with zero attached hydrogens (tertiary/aromatic N) is 1. The van der Waals surface area contributed by atoms with Gasteiger partial charge in [0.1, 0.15) is 0 Å². The van der Waals surface area contributed by atoms with E-state index in [1.54, 1.807) is 11.3 Å². The number of aliphatic carboxylic acids is 1. The molecule has 1 aliphatic heterocycles. The van der Waals surface area contributed by atoms with Crippen LogP contribution in [0.4, 0.5) is 0 Å². The second-order valence-corrected chi connectivity index (χ2v) is 5.80. The van der Waals surface area contributed by atoms with Crippen molar-refractivity contribution in [3.8, 4) is 0 Å². The zero-order valence-electron chi connectivity index (χ0n) is 11.1. The third-order valence-electron chi connectivity index (χ3n) is 3.26. The van der Waals surface area contributed by atoms with E-state index in [0.717, 1.165) is 17.8 Å². The second-order valence-electron chi connectivity index (χ2n) is 4.77. The van der Waals surface area contributed by atoms with Crippen LogP contribution in [-0.2, 0) is 16.1 Å². The van der Waals surface area contributed by atoms with Gasteiger partial charge in [-0.05, 0) is 30.8 Å². The first-order chi connectivity index (χ1) is 9.15. The highest BCUT2D eigenvalue weighted by Gasteiger charge is 2.26. The van der Waals surface area contributed by atoms with Crippen molar-refractivity contribution in [2.75, 3.05) is 19.6 Å². The maximum absolute atomic E-state index is 11.8. The fourth-order valence-corrected chi connectivity index (χ4v) is 2.90. The van der Waals surface area contributed by atoms with Crippen molar-refractivity contribution in [2.45, 2.75) is 19.4 Å². The highest BCUT2D eigenvalue weighted by Crippen LogP contribution is 2.16. The summed E-state index contributed by atoms with van der Waals surface area (Å²) in [6.07, 6.45) is 1.55. The van der Waals surface area contributed by atoms with Gasteiger partial charge in [-0.15, -0.1) is 23.7 Å². The molecular formula is C13H19ClN2O3S. The number of hydrogen-bond donors (Lipinski definition) is 2. The number of halogens is 1. The second kappa shape index (κ2) is 8.24. The summed E-state index contributed by atoms with van der Waals surface area (Å²) in [4.78, 5) is 25.8. The van der Waals surface area contributed by atoms with E-state index in [4.69, 9.17) is 5.11 Å². The Morgan fingerprint density at radius 3 is 2.95 bits per heavy atom. The van der Waals surface area contributed by atoms with Crippen molar-refractivity contribution in [1.29, 1.82) is 0 Å². The third-order valence-corrected chi connectivity index (χ3v) is 4.14. The molecule has 1 saturated heterocycles. The van der Waals surface area contributed by atoms with E-state index in [1.807, 2.05) is 22.4 Å².